The molecule has 0 aromatic carbocycles. The maximum Gasteiger partial charge on any atom is 0.255 e. The summed E-state index contributed by atoms with van der Waals surface area (Å²) in [5, 5.41) is 8.78. The molecule has 7 heteroatoms. The lowest BCUT2D eigenvalue weighted by Gasteiger charge is -2.20. The van der Waals surface area contributed by atoms with Crippen molar-refractivity contribution in [2.75, 3.05) is 32.1 Å². The molecular formula is C18H19N5O2. The molecule has 0 radical (unpaired) electrons. The van der Waals surface area contributed by atoms with Crippen LogP contribution in [0.1, 0.15) is 22.5 Å². The van der Waals surface area contributed by atoms with Crippen molar-refractivity contribution in [1.29, 1.82) is 5.26 Å². The molecule has 2 aromatic rings. The third-order valence-electron chi connectivity index (χ3n) is 4.03. The number of pyridine rings is 2. The molecule has 2 aromatic heterocycles. The van der Waals surface area contributed by atoms with Crippen LogP contribution in [0.25, 0.3) is 0 Å². The summed E-state index contributed by atoms with van der Waals surface area (Å²) in [5.74, 6) is 1.39. The molecule has 1 aliphatic rings. The first kappa shape index (κ1) is 16.7. The van der Waals surface area contributed by atoms with E-state index in [9.17, 15) is 4.79 Å². The van der Waals surface area contributed by atoms with Gasteiger partial charge in [-0.15, -0.1) is 0 Å². The molecule has 1 aliphatic heterocycles. The number of likely N-dealkylation sites (tertiary alicyclic amines) is 1. The fourth-order valence-corrected chi connectivity index (χ4v) is 2.77. The lowest BCUT2D eigenvalue weighted by atomic mass is 10.2. The highest BCUT2D eigenvalue weighted by Crippen LogP contribution is 2.27. The van der Waals surface area contributed by atoms with Gasteiger partial charge in [-0.1, -0.05) is 0 Å². The van der Waals surface area contributed by atoms with Gasteiger partial charge in [-0.3, -0.25) is 4.79 Å². The van der Waals surface area contributed by atoms with Gasteiger partial charge in [0.15, 0.2) is 11.6 Å². The molecule has 1 unspecified atom stereocenters. The van der Waals surface area contributed by atoms with Gasteiger partial charge in [-0.05, 0) is 24.3 Å². The molecule has 3 rings (SSSR count). The molecule has 0 bridgehead atoms. The molecule has 7 nitrogen and oxygen atoms in total. The minimum atomic E-state index is -0.0953. The summed E-state index contributed by atoms with van der Waals surface area (Å²) >= 11 is 0. The SMILES string of the molecule is CN(C)c1ncccc1OC1CCN(C(=O)c2ccc(C#N)nc2)C1. The van der Waals surface area contributed by atoms with Gasteiger partial charge < -0.3 is 14.5 Å². The molecule has 0 spiro atoms. The van der Waals surface area contributed by atoms with E-state index in [4.69, 9.17) is 10.00 Å². The van der Waals surface area contributed by atoms with Crippen molar-refractivity contribution in [2.45, 2.75) is 12.5 Å². The third kappa shape index (κ3) is 3.69. The minimum absolute atomic E-state index is 0.0711. The third-order valence-corrected chi connectivity index (χ3v) is 4.03. The van der Waals surface area contributed by atoms with Crippen LogP contribution >= 0.6 is 0 Å². The molecule has 3 heterocycles. The van der Waals surface area contributed by atoms with Crippen LogP contribution in [0.4, 0.5) is 5.82 Å². The molecule has 1 saturated heterocycles. The summed E-state index contributed by atoms with van der Waals surface area (Å²) in [7, 11) is 3.83. The highest BCUT2D eigenvalue weighted by molar-refractivity contribution is 5.94. The Bertz CT molecular complexity index is 798. The van der Waals surface area contributed by atoms with E-state index in [1.165, 1.54) is 6.20 Å². The van der Waals surface area contributed by atoms with Crippen molar-refractivity contribution in [3.63, 3.8) is 0 Å². The molecular weight excluding hydrogens is 318 g/mol. The lowest BCUT2D eigenvalue weighted by molar-refractivity contribution is 0.0772. The lowest BCUT2D eigenvalue weighted by Crippen LogP contribution is -2.31. The number of carbonyl (C=O) groups is 1. The number of ether oxygens (including phenoxy) is 1. The zero-order valence-corrected chi connectivity index (χ0v) is 14.2. The summed E-state index contributed by atoms with van der Waals surface area (Å²) in [5.41, 5.74) is 0.780. The minimum Gasteiger partial charge on any atom is -0.485 e. The first-order valence-corrected chi connectivity index (χ1v) is 8.03. The number of hydrogen-bond acceptors (Lipinski definition) is 6. The summed E-state index contributed by atoms with van der Waals surface area (Å²) in [6, 6.07) is 8.85. The van der Waals surface area contributed by atoms with Crippen LogP contribution in [-0.4, -0.2) is 54.1 Å². The molecule has 1 fully saturated rings. The van der Waals surface area contributed by atoms with Crippen LogP contribution in [-0.2, 0) is 0 Å². The van der Waals surface area contributed by atoms with Crippen LogP contribution < -0.4 is 9.64 Å². The molecule has 0 saturated carbocycles. The average Bonchev–Trinajstić information content (AvgIpc) is 3.10. The number of anilines is 1. The van der Waals surface area contributed by atoms with Crippen molar-refractivity contribution in [3.8, 4) is 11.8 Å². The van der Waals surface area contributed by atoms with E-state index in [2.05, 4.69) is 9.97 Å². The number of rotatable bonds is 4. The Morgan fingerprint density at radius 1 is 1.36 bits per heavy atom. The van der Waals surface area contributed by atoms with Gasteiger partial charge in [0, 0.05) is 39.5 Å². The van der Waals surface area contributed by atoms with Gasteiger partial charge in [-0.25, -0.2) is 9.97 Å². The van der Waals surface area contributed by atoms with Crippen molar-refractivity contribution in [3.05, 3.63) is 47.9 Å². The fourth-order valence-electron chi connectivity index (χ4n) is 2.77. The highest BCUT2D eigenvalue weighted by Gasteiger charge is 2.29. The highest BCUT2D eigenvalue weighted by atomic mass is 16.5. The Labute approximate surface area is 146 Å². The topological polar surface area (TPSA) is 82.4 Å². The number of hydrogen-bond donors (Lipinski definition) is 0. The van der Waals surface area contributed by atoms with E-state index in [0.717, 1.165) is 12.2 Å². The Kier molecular flexibility index (Phi) is 4.80. The van der Waals surface area contributed by atoms with Gasteiger partial charge in [0.1, 0.15) is 17.9 Å². The summed E-state index contributed by atoms with van der Waals surface area (Å²) in [4.78, 5) is 24.5. The van der Waals surface area contributed by atoms with Gasteiger partial charge >= 0.3 is 0 Å². The molecule has 128 valence electrons. The van der Waals surface area contributed by atoms with Crippen molar-refractivity contribution >= 4 is 11.7 Å². The maximum absolute atomic E-state index is 12.5. The van der Waals surface area contributed by atoms with E-state index in [1.54, 1.807) is 23.2 Å². The van der Waals surface area contributed by atoms with Gasteiger partial charge in [-0.2, -0.15) is 5.26 Å². The van der Waals surface area contributed by atoms with Crippen LogP contribution in [0.3, 0.4) is 0 Å². The van der Waals surface area contributed by atoms with Gasteiger partial charge in [0.25, 0.3) is 5.91 Å². The van der Waals surface area contributed by atoms with Crippen molar-refractivity contribution in [2.24, 2.45) is 0 Å². The summed E-state index contributed by atoms with van der Waals surface area (Å²) in [6.45, 7) is 1.14. The van der Waals surface area contributed by atoms with E-state index in [1.807, 2.05) is 37.2 Å². The van der Waals surface area contributed by atoms with Crippen molar-refractivity contribution in [1.82, 2.24) is 14.9 Å². The predicted octanol–water partition coefficient (Wildman–Crippen LogP) is 1.71. The Morgan fingerprint density at radius 3 is 2.88 bits per heavy atom. The van der Waals surface area contributed by atoms with Gasteiger partial charge in [0.05, 0.1) is 12.1 Å². The Morgan fingerprint density at radius 2 is 2.20 bits per heavy atom. The second-order valence-electron chi connectivity index (χ2n) is 6.04. The van der Waals surface area contributed by atoms with E-state index in [-0.39, 0.29) is 12.0 Å². The zero-order chi connectivity index (χ0) is 17.8. The van der Waals surface area contributed by atoms with E-state index < -0.39 is 0 Å². The molecule has 0 N–H and O–H groups in total. The normalized spacial score (nSPS) is 16.4. The standard InChI is InChI=1S/C18H19N5O2/c1-22(2)17-16(4-3-8-20-17)25-15-7-9-23(12-15)18(24)13-5-6-14(10-19)21-11-13/h3-6,8,11,15H,7,9,12H2,1-2H3. The Balaban J connectivity index is 1.65. The second-order valence-corrected chi connectivity index (χ2v) is 6.04. The maximum atomic E-state index is 12.5. The zero-order valence-electron chi connectivity index (χ0n) is 14.2. The van der Waals surface area contributed by atoms with E-state index in [0.29, 0.717) is 30.1 Å². The number of aromatic nitrogens is 2. The van der Waals surface area contributed by atoms with Crippen LogP contribution in [0.5, 0.6) is 5.75 Å². The second kappa shape index (κ2) is 7.18. The summed E-state index contributed by atoms with van der Waals surface area (Å²) in [6.07, 6.45) is 3.86. The molecule has 1 atom stereocenters. The summed E-state index contributed by atoms with van der Waals surface area (Å²) < 4.78 is 6.06. The van der Waals surface area contributed by atoms with Gasteiger partial charge in [0.2, 0.25) is 0 Å². The van der Waals surface area contributed by atoms with Crippen molar-refractivity contribution < 1.29 is 9.53 Å². The van der Waals surface area contributed by atoms with Crippen LogP contribution in [0, 0.1) is 11.3 Å². The smallest absolute Gasteiger partial charge is 0.255 e. The molecule has 25 heavy (non-hydrogen) atoms. The number of carbonyl (C=O) groups excluding carboxylic acids is 1. The fraction of sp³-hybridized carbons (Fsp3) is 0.333. The van der Waals surface area contributed by atoms with Crippen LogP contribution in [0.15, 0.2) is 36.7 Å². The first-order valence-electron chi connectivity index (χ1n) is 8.03. The van der Waals surface area contributed by atoms with E-state index >= 15 is 0 Å². The number of amides is 1. The predicted molar refractivity (Wildman–Crippen MR) is 92.5 cm³/mol. The first-order chi connectivity index (χ1) is 12.1. The number of nitriles is 1. The average molecular weight is 337 g/mol. The quantitative estimate of drug-likeness (QED) is 0.845. The number of nitrogens with zero attached hydrogens (tertiary/aromatic N) is 5. The molecule has 0 aliphatic carbocycles. The monoisotopic (exact) mass is 337 g/mol. The van der Waals surface area contributed by atoms with Crippen LogP contribution in [0.2, 0.25) is 0 Å². The molecule has 1 amide bonds. The Hall–Kier alpha value is -3.14. The largest absolute Gasteiger partial charge is 0.485 e.